The quantitative estimate of drug-likeness (QED) is 0.921. The molecule has 0 aliphatic carbocycles. The summed E-state index contributed by atoms with van der Waals surface area (Å²) >= 11 is 0. The zero-order chi connectivity index (χ0) is 11.4. The second-order valence-electron chi connectivity index (χ2n) is 4.56. The number of rotatable bonds is 3. The number of nitrogens with zero attached hydrogens (tertiary/aromatic N) is 1. The van der Waals surface area contributed by atoms with E-state index in [9.17, 15) is 0 Å². The lowest BCUT2D eigenvalue weighted by Gasteiger charge is -2.33. The molecule has 18 heavy (non-hydrogen) atoms. The first kappa shape index (κ1) is 17.7. The molecule has 1 aliphatic rings. The van der Waals surface area contributed by atoms with Crippen molar-refractivity contribution in [1.29, 1.82) is 0 Å². The van der Waals surface area contributed by atoms with Crippen molar-refractivity contribution in [3.63, 3.8) is 0 Å². The number of nitrogens with one attached hydrogen (secondary N) is 1. The second kappa shape index (κ2) is 8.76. The molecule has 1 atom stereocenters. The van der Waals surface area contributed by atoms with Crippen LogP contribution >= 0.6 is 24.8 Å². The van der Waals surface area contributed by atoms with Crippen molar-refractivity contribution >= 4 is 24.8 Å². The minimum atomic E-state index is 0. The van der Waals surface area contributed by atoms with E-state index >= 15 is 0 Å². The van der Waals surface area contributed by atoms with Crippen molar-refractivity contribution in [3.05, 3.63) is 35.4 Å². The van der Waals surface area contributed by atoms with Crippen LogP contribution in [-0.4, -0.2) is 31.1 Å². The van der Waals surface area contributed by atoms with Gasteiger partial charge in [-0.15, -0.1) is 24.8 Å². The summed E-state index contributed by atoms with van der Waals surface area (Å²) in [4.78, 5) is 2.55. The Morgan fingerprint density at radius 3 is 2.17 bits per heavy atom. The summed E-state index contributed by atoms with van der Waals surface area (Å²) in [6.07, 6.45) is 1.13. The van der Waals surface area contributed by atoms with E-state index < -0.39 is 0 Å². The van der Waals surface area contributed by atoms with Crippen molar-refractivity contribution < 1.29 is 0 Å². The Hall–Kier alpha value is -0.280. The van der Waals surface area contributed by atoms with Gasteiger partial charge in [0.1, 0.15) is 0 Å². The highest BCUT2D eigenvalue weighted by molar-refractivity contribution is 5.85. The molecule has 1 saturated heterocycles. The molecule has 1 aliphatic heterocycles. The number of hydrogen-bond acceptors (Lipinski definition) is 2. The Labute approximate surface area is 123 Å². The molecule has 0 spiro atoms. The molecule has 0 radical (unpaired) electrons. The summed E-state index contributed by atoms with van der Waals surface area (Å²) in [5, 5.41) is 3.40. The van der Waals surface area contributed by atoms with Gasteiger partial charge in [-0.3, -0.25) is 4.90 Å². The molecule has 1 N–H and O–H groups in total. The van der Waals surface area contributed by atoms with E-state index in [-0.39, 0.29) is 24.8 Å². The van der Waals surface area contributed by atoms with Crippen molar-refractivity contribution in [3.8, 4) is 0 Å². The summed E-state index contributed by atoms with van der Waals surface area (Å²) in [6, 6.07) is 9.63. The molecular weight excluding hydrogens is 267 g/mol. The van der Waals surface area contributed by atoms with Crippen LogP contribution in [0.4, 0.5) is 0 Å². The van der Waals surface area contributed by atoms with Crippen LogP contribution in [0.25, 0.3) is 0 Å². The number of hydrogen-bond donors (Lipinski definition) is 1. The molecule has 0 aromatic heterocycles. The summed E-state index contributed by atoms with van der Waals surface area (Å²) in [5.74, 6) is 0. The first-order valence-corrected chi connectivity index (χ1v) is 6.35. The van der Waals surface area contributed by atoms with E-state index in [2.05, 4.69) is 48.3 Å². The van der Waals surface area contributed by atoms with Gasteiger partial charge in [0, 0.05) is 32.2 Å². The van der Waals surface area contributed by atoms with E-state index in [1.807, 2.05) is 0 Å². The van der Waals surface area contributed by atoms with Crippen LogP contribution in [0.1, 0.15) is 31.0 Å². The van der Waals surface area contributed by atoms with Gasteiger partial charge >= 0.3 is 0 Å². The molecule has 0 saturated carbocycles. The van der Waals surface area contributed by atoms with Gasteiger partial charge in [0.05, 0.1) is 0 Å². The third-order valence-corrected chi connectivity index (χ3v) is 3.57. The molecule has 1 aromatic rings. The first-order valence-electron chi connectivity index (χ1n) is 6.35. The van der Waals surface area contributed by atoms with Crippen molar-refractivity contribution in [2.24, 2.45) is 0 Å². The fraction of sp³-hybridized carbons (Fsp3) is 0.571. The summed E-state index contributed by atoms with van der Waals surface area (Å²) < 4.78 is 0. The van der Waals surface area contributed by atoms with E-state index in [0.717, 1.165) is 32.6 Å². The van der Waals surface area contributed by atoms with Crippen molar-refractivity contribution in [2.45, 2.75) is 26.3 Å². The third-order valence-electron chi connectivity index (χ3n) is 3.57. The lowest BCUT2D eigenvalue weighted by atomic mass is 10.0. The monoisotopic (exact) mass is 290 g/mol. The summed E-state index contributed by atoms with van der Waals surface area (Å²) in [6.45, 7) is 9.09. The molecule has 0 amide bonds. The van der Waals surface area contributed by atoms with Crippen LogP contribution in [0.15, 0.2) is 24.3 Å². The highest BCUT2D eigenvalue weighted by Crippen LogP contribution is 2.20. The van der Waals surface area contributed by atoms with Gasteiger partial charge in [-0.05, 0) is 24.5 Å². The van der Waals surface area contributed by atoms with E-state index in [0.29, 0.717) is 6.04 Å². The van der Waals surface area contributed by atoms with Crippen LogP contribution in [0.2, 0.25) is 0 Å². The predicted octanol–water partition coefficient (Wildman–Crippen LogP) is 3.06. The van der Waals surface area contributed by atoms with Gasteiger partial charge in [-0.25, -0.2) is 0 Å². The maximum absolute atomic E-state index is 3.40. The van der Waals surface area contributed by atoms with E-state index in [4.69, 9.17) is 0 Å². The normalized spacial score (nSPS) is 17.4. The number of benzene rings is 1. The van der Waals surface area contributed by atoms with E-state index in [1.54, 1.807) is 0 Å². The van der Waals surface area contributed by atoms with Crippen molar-refractivity contribution in [1.82, 2.24) is 10.2 Å². The average molecular weight is 291 g/mol. The highest BCUT2D eigenvalue weighted by atomic mass is 35.5. The zero-order valence-corrected chi connectivity index (χ0v) is 12.8. The molecule has 2 rings (SSSR count). The Balaban J connectivity index is 0.00000144. The first-order chi connectivity index (χ1) is 7.81. The Morgan fingerprint density at radius 2 is 1.67 bits per heavy atom. The van der Waals surface area contributed by atoms with Gasteiger partial charge in [0.25, 0.3) is 0 Å². The van der Waals surface area contributed by atoms with Crippen LogP contribution in [-0.2, 0) is 6.42 Å². The number of halogens is 2. The van der Waals surface area contributed by atoms with Crippen molar-refractivity contribution in [2.75, 3.05) is 26.2 Å². The number of aryl methyl sites for hydroxylation is 1. The molecule has 4 heteroatoms. The fourth-order valence-electron chi connectivity index (χ4n) is 2.31. The van der Waals surface area contributed by atoms with Gasteiger partial charge in [-0.1, -0.05) is 31.2 Å². The molecule has 0 bridgehead atoms. The molecule has 104 valence electrons. The average Bonchev–Trinajstić information content (AvgIpc) is 2.39. The molecule has 1 fully saturated rings. The molecular formula is C14H24Cl2N2. The number of piperazine rings is 1. The summed E-state index contributed by atoms with van der Waals surface area (Å²) in [5.41, 5.74) is 2.87. The van der Waals surface area contributed by atoms with Crippen LogP contribution < -0.4 is 5.32 Å². The maximum atomic E-state index is 3.40. The topological polar surface area (TPSA) is 15.3 Å². The summed E-state index contributed by atoms with van der Waals surface area (Å²) in [7, 11) is 0. The minimum absolute atomic E-state index is 0. The maximum Gasteiger partial charge on any atom is 0.0320 e. The molecule has 0 unspecified atom stereocenters. The van der Waals surface area contributed by atoms with Gasteiger partial charge < -0.3 is 5.32 Å². The highest BCUT2D eigenvalue weighted by Gasteiger charge is 2.17. The Kier molecular flexibility index (Phi) is 8.62. The second-order valence-corrected chi connectivity index (χ2v) is 4.56. The predicted molar refractivity (Wildman–Crippen MR) is 83.2 cm³/mol. The Morgan fingerprint density at radius 1 is 1.11 bits per heavy atom. The van der Waals surface area contributed by atoms with E-state index in [1.165, 1.54) is 11.1 Å². The van der Waals surface area contributed by atoms with Gasteiger partial charge in [0.2, 0.25) is 0 Å². The molecule has 1 aromatic carbocycles. The minimum Gasteiger partial charge on any atom is -0.314 e. The van der Waals surface area contributed by atoms with Crippen LogP contribution in [0, 0.1) is 0 Å². The standard InChI is InChI=1S/C14H22N2.2ClH/c1-3-13-4-6-14(7-5-13)12(2)16-10-8-15-9-11-16;;/h4-7,12,15H,3,8-11H2,1-2H3;2*1H/t12-;;/m1../s1. The lowest BCUT2D eigenvalue weighted by molar-refractivity contribution is 0.185. The smallest absolute Gasteiger partial charge is 0.0320 e. The SMILES string of the molecule is CCc1ccc([C@@H](C)N2CCNCC2)cc1.Cl.Cl. The zero-order valence-electron chi connectivity index (χ0n) is 11.2. The molecule has 2 nitrogen and oxygen atoms in total. The molecule has 1 heterocycles. The lowest BCUT2D eigenvalue weighted by Crippen LogP contribution is -2.44. The Bertz CT molecular complexity index is 321. The van der Waals surface area contributed by atoms with Gasteiger partial charge in [0.15, 0.2) is 0 Å². The van der Waals surface area contributed by atoms with Crippen LogP contribution in [0.5, 0.6) is 0 Å². The third kappa shape index (κ3) is 4.43. The fourth-order valence-corrected chi connectivity index (χ4v) is 2.31. The largest absolute Gasteiger partial charge is 0.314 e. The van der Waals surface area contributed by atoms with Gasteiger partial charge in [-0.2, -0.15) is 0 Å². The van der Waals surface area contributed by atoms with Crippen LogP contribution in [0.3, 0.4) is 0 Å².